The summed E-state index contributed by atoms with van der Waals surface area (Å²) in [6.07, 6.45) is 1.13. The zero-order chi connectivity index (χ0) is 11.6. The first-order chi connectivity index (χ1) is 6.79. The van der Waals surface area contributed by atoms with Crippen LogP contribution < -0.4 is 0 Å². The standard InChI is InChI=1S/C12H23NO2/c1-9-7-13(6-5-12(2,3)4)8-10(9)11(14)15/h9-10H,5-8H2,1-4H3,(H,14,15)/t9-,10-/m1/s1. The summed E-state index contributed by atoms with van der Waals surface area (Å²) in [5, 5.41) is 9.00. The van der Waals surface area contributed by atoms with Crippen molar-refractivity contribution in [1.82, 2.24) is 4.90 Å². The van der Waals surface area contributed by atoms with Crippen LogP contribution in [0.4, 0.5) is 0 Å². The predicted molar refractivity (Wildman–Crippen MR) is 60.8 cm³/mol. The van der Waals surface area contributed by atoms with Crippen molar-refractivity contribution in [3.05, 3.63) is 0 Å². The lowest BCUT2D eigenvalue weighted by molar-refractivity contribution is -0.142. The third-order valence-electron chi connectivity index (χ3n) is 3.18. The van der Waals surface area contributed by atoms with Crippen LogP contribution in [0.1, 0.15) is 34.1 Å². The van der Waals surface area contributed by atoms with Gasteiger partial charge in [-0.15, -0.1) is 0 Å². The first-order valence-corrected chi connectivity index (χ1v) is 5.75. The Hall–Kier alpha value is -0.570. The zero-order valence-corrected chi connectivity index (χ0v) is 10.3. The molecular formula is C12H23NO2. The van der Waals surface area contributed by atoms with E-state index in [1.807, 2.05) is 6.92 Å². The molecule has 0 aromatic rings. The maximum absolute atomic E-state index is 10.9. The molecule has 3 heteroatoms. The van der Waals surface area contributed by atoms with Crippen molar-refractivity contribution in [3.63, 3.8) is 0 Å². The Morgan fingerprint density at radius 2 is 2.00 bits per heavy atom. The molecule has 15 heavy (non-hydrogen) atoms. The van der Waals surface area contributed by atoms with Gasteiger partial charge in [-0.2, -0.15) is 0 Å². The highest BCUT2D eigenvalue weighted by Crippen LogP contribution is 2.25. The number of hydrogen-bond donors (Lipinski definition) is 1. The van der Waals surface area contributed by atoms with Crippen LogP contribution in [0.2, 0.25) is 0 Å². The molecule has 3 nitrogen and oxygen atoms in total. The molecule has 0 amide bonds. The summed E-state index contributed by atoms with van der Waals surface area (Å²) in [4.78, 5) is 13.2. The average Bonchev–Trinajstić information content (AvgIpc) is 2.42. The van der Waals surface area contributed by atoms with Crippen molar-refractivity contribution in [2.75, 3.05) is 19.6 Å². The lowest BCUT2D eigenvalue weighted by Gasteiger charge is -2.23. The van der Waals surface area contributed by atoms with Gasteiger partial charge >= 0.3 is 5.97 Å². The lowest BCUT2D eigenvalue weighted by atomic mass is 9.92. The van der Waals surface area contributed by atoms with Crippen LogP contribution in [0.5, 0.6) is 0 Å². The fourth-order valence-electron chi connectivity index (χ4n) is 2.06. The number of aliphatic carboxylic acids is 1. The molecule has 2 atom stereocenters. The van der Waals surface area contributed by atoms with Crippen molar-refractivity contribution in [1.29, 1.82) is 0 Å². The molecule has 88 valence electrons. The molecule has 1 heterocycles. The highest BCUT2D eigenvalue weighted by molar-refractivity contribution is 5.71. The Kier molecular flexibility index (Phi) is 3.77. The van der Waals surface area contributed by atoms with Crippen molar-refractivity contribution >= 4 is 5.97 Å². The number of carboxylic acid groups (broad SMARTS) is 1. The smallest absolute Gasteiger partial charge is 0.308 e. The molecule has 0 aromatic heterocycles. The van der Waals surface area contributed by atoms with Gasteiger partial charge in [0.15, 0.2) is 0 Å². The second kappa shape index (κ2) is 4.52. The van der Waals surface area contributed by atoms with E-state index in [2.05, 4.69) is 25.7 Å². The Labute approximate surface area is 92.5 Å². The number of rotatable bonds is 3. The number of hydrogen-bond acceptors (Lipinski definition) is 2. The number of carbonyl (C=O) groups is 1. The number of nitrogens with zero attached hydrogens (tertiary/aromatic N) is 1. The van der Waals surface area contributed by atoms with Gasteiger partial charge in [-0.05, 0) is 24.3 Å². The molecule has 0 bridgehead atoms. The van der Waals surface area contributed by atoms with E-state index in [1.165, 1.54) is 0 Å². The molecular weight excluding hydrogens is 190 g/mol. The minimum Gasteiger partial charge on any atom is -0.481 e. The fourth-order valence-corrected chi connectivity index (χ4v) is 2.06. The van der Waals surface area contributed by atoms with Gasteiger partial charge in [0, 0.05) is 13.1 Å². The van der Waals surface area contributed by atoms with E-state index in [0.29, 0.717) is 11.3 Å². The second-order valence-corrected chi connectivity index (χ2v) is 5.99. The molecule has 0 unspecified atom stereocenters. The Balaban J connectivity index is 2.39. The second-order valence-electron chi connectivity index (χ2n) is 5.99. The van der Waals surface area contributed by atoms with E-state index in [0.717, 1.165) is 26.1 Å². The maximum atomic E-state index is 10.9. The largest absolute Gasteiger partial charge is 0.481 e. The highest BCUT2D eigenvalue weighted by Gasteiger charge is 2.34. The molecule has 1 fully saturated rings. The van der Waals surface area contributed by atoms with Gasteiger partial charge in [-0.25, -0.2) is 0 Å². The van der Waals surface area contributed by atoms with Crippen molar-refractivity contribution in [2.45, 2.75) is 34.1 Å². The van der Waals surface area contributed by atoms with Crippen molar-refractivity contribution in [2.24, 2.45) is 17.3 Å². The monoisotopic (exact) mass is 213 g/mol. The summed E-state index contributed by atoms with van der Waals surface area (Å²) < 4.78 is 0. The third kappa shape index (κ3) is 3.82. The van der Waals surface area contributed by atoms with Crippen LogP contribution >= 0.6 is 0 Å². The van der Waals surface area contributed by atoms with E-state index in [4.69, 9.17) is 5.11 Å². The summed E-state index contributed by atoms with van der Waals surface area (Å²) >= 11 is 0. The van der Waals surface area contributed by atoms with Gasteiger partial charge in [-0.1, -0.05) is 27.7 Å². The molecule has 1 saturated heterocycles. The van der Waals surface area contributed by atoms with E-state index in [9.17, 15) is 4.79 Å². The molecule has 0 radical (unpaired) electrons. The van der Waals surface area contributed by atoms with E-state index >= 15 is 0 Å². The summed E-state index contributed by atoms with van der Waals surface area (Å²) in [7, 11) is 0. The summed E-state index contributed by atoms with van der Waals surface area (Å²) in [5.74, 6) is -0.506. The van der Waals surface area contributed by atoms with Gasteiger partial charge in [0.25, 0.3) is 0 Å². The first-order valence-electron chi connectivity index (χ1n) is 5.75. The minimum absolute atomic E-state index is 0.162. The molecule has 1 aliphatic rings. The molecule has 0 aromatic carbocycles. The van der Waals surface area contributed by atoms with Crippen LogP contribution in [-0.2, 0) is 4.79 Å². The predicted octanol–water partition coefficient (Wildman–Crippen LogP) is 2.08. The van der Waals surface area contributed by atoms with Gasteiger partial charge < -0.3 is 10.0 Å². The average molecular weight is 213 g/mol. The van der Waals surface area contributed by atoms with Crippen LogP contribution in [0, 0.1) is 17.3 Å². The van der Waals surface area contributed by atoms with Gasteiger partial charge in [0.2, 0.25) is 0 Å². The Bertz CT molecular complexity index is 232. The molecule has 1 rings (SSSR count). The summed E-state index contributed by atoms with van der Waals surface area (Å²) in [6, 6.07) is 0. The van der Waals surface area contributed by atoms with E-state index in [-0.39, 0.29) is 5.92 Å². The van der Waals surface area contributed by atoms with Crippen LogP contribution in [0.15, 0.2) is 0 Å². The summed E-state index contributed by atoms with van der Waals surface area (Å²) in [5.41, 5.74) is 0.338. The molecule has 1 N–H and O–H groups in total. The Morgan fingerprint density at radius 1 is 1.40 bits per heavy atom. The summed E-state index contributed by atoms with van der Waals surface area (Å²) in [6.45, 7) is 11.4. The normalized spacial score (nSPS) is 28.3. The van der Waals surface area contributed by atoms with Crippen molar-refractivity contribution in [3.8, 4) is 0 Å². The topological polar surface area (TPSA) is 40.5 Å². The molecule has 1 aliphatic heterocycles. The van der Waals surface area contributed by atoms with Crippen LogP contribution in [-0.4, -0.2) is 35.6 Å². The Morgan fingerprint density at radius 3 is 2.40 bits per heavy atom. The SMILES string of the molecule is C[C@@H]1CN(CCC(C)(C)C)C[C@H]1C(=O)O. The third-order valence-corrected chi connectivity index (χ3v) is 3.18. The van der Waals surface area contributed by atoms with E-state index in [1.54, 1.807) is 0 Å². The number of likely N-dealkylation sites (tertiary alicyclic amines) is 1. The highest BCUT2D eigenvalue weighted by atomic mass is 16.4. The maximum Gasteiger partial charge on any atom is 0.308 e. The van der Waals surface area contributed by atoms with Crippen LogP contribution in [0.3, 0.4) is 0 Å². The lowest BCUT2D eigenvalue weighted by Crippen LogP contribution is -2.26. The molecule has 0 saturated carbocycles. The van der Waals surface area contributed by atoms with Gasteiger partial charge in [0.1, 0.15) is 0 Å². The zero-order valence-electron chi connectivity index (χ0n) is 10.3. The minimum atomic E-state index is -0.638. The number of carboxylic acids is 1. The van der Waals surface area contributed by atoms with Crippen molar-refractivity contribution < 1.29 is 9.90 Å². The molecule has 0 spiro atoms. The van der Waals surface area contributed by atoms with Gasteiger partial charge in [-0.3, -0.25) is 4.79 Å². The van der Waals surface area contributed by atoms with Crippen LogP contribution in [0.25, 0.3) is 0 Å². The van der Waals surface area contributed by atoms with Gasteiger partial charge in [0.05, 0.1) is 5.92 Å². The quantitative estimate of drug-likeness (QED) is 0.780. The van der Waals surface area contributed by atoms with E-state index < -0.39 is 5.97 Å². The molecule has 0 aliphatic carbocycles. The first kappa shape index (κ1) is 12.5. The fraction of sp³-hybridized carbons (Fsp3) is 0.917.